The second kappa shape index (κ2) is 9.43. The molecule has 6 nitrogen and oxygen atoms in total. The lowest BCUT2D eigenvalue weighted by atomic mass is 10.2. The highest BCUT2D eigenvalue weighted by molar-refractivity contribution is 7.91. The maximum Gasteiger partial charge on any atom is 0.229 e. The number of halogens is 1. The molecule has 0 radical (unpaired) electrons. The van der Waals surface area contributed by atoms with Crippen molar-refractivity contribution in [3.05, 3.63) is 53.1 Å². The predicted molar refractivity (Wildman–Crippen MR) is 123 cm³/mol. The molecule has 0 N–H and O–H groups in total. The SMILES string of the molecule is Cc1ccc(S(=O)(=O)CCC(=O)N(CCN(C)C)c2nc3ccc(Cl)cc3s2)cc1. The maximum atomic E-state index is 13.0. The topological polar surface area (TPSA) is 70.6 Å². The van der Waals surface area contributed by atoms with Crippen LogP contribution in [-0.2, 0) is 14.6 Å². The Balaban J connectivity index is 1.80. The number of fused-ring (bicyclic) bond motifs is 1. The molecular formula is C21H24ClN3O3S2. The zero-order chi connectivity index (χ0) is 21.9. The van der Waals surface area contributed by atoms with E-state index >= 15 is 0 Å². The summed E-state index contributed by atoms with van der Waals surface area (Å²) in [4.78, 5) is 21.3. The summed E-state index contributed by atoms with van der Waals surface area (Å²) in [5, 5.41) is 1.15. The number of aryl methyl sites for hydroxylation is 1. The van der Waals surface area contributed by atoms with Crippen LogP contribution in [0.3, 0.4) is 0 Å². The lowest BCUT2D eigenvalue weighted by molar-refractivity contribution is -0.118. The van der Waals surface area contributed by atoms with Crippen LogP contribution in [-0.4, -0.2) is 57.1 Å². The minimum atomic E-state index is -3.54. The molecule has 0 aliphatic heterocycles. The van der Waals surface area contributed by atoms with Crippen LogP contribution in [0.2, 0.25) is 5.02 Å². The van der Waals surface area contributed by atoms with Crippen LogP contribution >= 0.6 is 22.9 Å². The number of nitrogens with zero attached hydrogens (tertiary/aromatic N) is 3. The van der Waals surface area contributed by atoms with E-state index in [0.29, 0.717) is 23.2 Å². The van der Waals surface area contributed by atoms with Gasteiger partial charge in [0, 0.05) is 24.5 Å². The molecule has 9 heteroatoms. The molecule has 0 bridgehead atoms. The summed E-state index contributed by atoms with van der Waals surface area (Å²) in [6, 6.07) is 12.1. The molecule has 2 aromatic carbocycles. The molecule has 3 aromatic rings. The van der Waals surface area contributed by atoms with Gasteiger partial charge in [0.05, 0.1) is 20.9 Å². The van der Waals surface area contributed by atoms with Gasteiger partial charge in [-0.1, -0.05) is 40.6 Å². The molecule has 3 rings (SSSR count). The number of amides is 1. The van der Waals surface area contributed by atoms with Crippen molar-refractivity contribution in [1.82, 2.24) is 9.88 Å². The molecule has 0 aliphatic carbocycles. The molecule has 30 heavy (non-hydrogen) atoms. The van der Waals surface area contributed by atoms with E-state index in [1.54, 1.807) is 35.2 Å². The lowest BCUT2D eigenvalue weighted by Crippen LogP contribution is -2.37. The molecule has 0 saturated heterocycles. The van der Waals surface area contributed by atoms with E-state index in [2.05, 4.69) is 4.98 Å². The zero-order valence-electron chi connectivity index (χ0n) is 17.1. The second-order valence-electron chi connectivity index (χ2n) is 7.34. The summed E-state index contributed by atoms with van der Waals surface area (Å²) in [5.41, 5.74) is 1.74. The predicted octanol–water partition coefficient (Wildman–Crippen LogP) is 4.02. The van der Waals surface area contributed by atoms with Gasteiger partial charge < -0.3 is 4.90 Å². The number of hydrogen-bond donors (Lipinski definition) is 0. The van der Waals surface area contributed by atoms with E-state index in [1.807, 2.05) is 38.1 Å². The van der Waals surface area contributed by atoms with Crippen molar-refractivity contribution in [2.45, 2.75) is 18.2 Å². The molecule has 0 saturated carbocycles. The first-order valence-electron chi connectivity index (χ1n) is 9.46. The van der Waals surface area contributed by atoms with Gasteiger partial charge in [0.1, 0.15) is 0 Å². The lowest BCUT2D eigenvalue weighted by Gasteiger charge is -2.22. The number of likely N-dealkylation sites (N-methyl/N-ethyl adjacent to an activating group) is 1. The van der Waals surface area contributed by atoms with Crippen molar-refractivity contribution >= 4 is 54.0 Å². The minimum absolute atomic E-state index is 0.111. The van der Waals surface area contributed by atoms with Crippen LogP contribution < -0.4 is 4.90 Å². The van der Waals surface area contributed by atoms with Gasteiger partial charge in [0.2, 0.25) is 5.91 Å². The third-order valence-electron chi connectivity index (χ3n) is 4.61. The average molecular weight is 466 g/mol. The molecule has 0 spiro atoms. The third kappa shape index (κ3) is 5.57. The van der Waals surface area contributed by atoms with E-state index in [9.17, 15) is 13.2 Å². The van der Waals surface area contributed by atoms with Crippen molar-refractivity contribution in [2.24, 2.45) is 0 Å². The van der Waals surface area contributed by atoms with E-state index in [-0.39, 0.29) is 23.0 Å². The summed E-state index contributed by atoms with van der Waals surface area (Å²) >= 11 is 7.44. The van der Waals surface area contributed by atoms with Crippen molar-refractivity contribution < 1.29 is 13.2 Å². The van der Waals surface area contributed by atoms with E-state index in [4.69, 9.17) is 11.6 Å². The molecule has 160 valence electrons. The molecule has 1 aromatic heterocycles. The number of sulfone groups is 1. The van der Waals surface area contributed by atoms with Crippen LogP contribution in [0.5, 0.6) is 0 Å². The summed E-state index contributed by atoms with van der Waals surface area (Å²) in [7, 11) is 0.297. The monoisotopic (exact) mass is 465 g/mol. The van der Waals surface area contributed by atoms with E-state index < -0.39 is 9.84 Å². The molecule has 0 atom stereocenters. The fourth-order valence-corrected chi connectivity index (χ4v) is 5.36. The highest BCUT2D eigenvalue weighted by atomic mass is 35.5. The normalized spacial score (nSPS) is 11.9. The van der Waals surface area contributed by atoms with Crippen molar-refractivity contribution in [1.29, 1.82) is 0 Å². The summed E-state index contributed by atoms with van der Waals surface area (Å²) in [6.07, 6.45) is -0.111. The van der Waals surface area contributed by atoms with E-state index in [0.717, 1.165) is 15.8 Å². The van der Waals surface area contributed by atoms with Gasteiger partial charge >= 0.3 is 0 Å². The highest BCUT2D eigenvalue weighted by Crippen LogP contribution is 2.31. The largest absolute Gasteiger partial charge is 0.308 e. The third-order valence-corrected chi connectivity index (χ3v) is 7.61. The van der Waals surface area contributed by atoms with Gasteiger partial charge in [-0.25, -0.2) is 13.4 Å². The van der Waals surface area contributed by atoms with Crippen LogP contribution in [0, 0.1) is 6.92 Å². The van der Waals surface area contributed by atoms with E-state index in [1.165, 1.54) is 11.3 Å². The first-order chi connectivity index (χ1) is 14.2. The molecule has 0 fully saturated rings. The number of benzene rings is 2. The van der Waals surface area contributed by atoms with Crippen molar-refractivity contribution in [3.63, 3.8) is 0 Å². The summed E-state index contributed by atoms with van der Waals surface area (Å²) in [5.74, 6) is -0.512. The fourth-order valence-electron chi connectivity index (χ4n) is 2.85. The molecule has 0 unspecified atom stereocenters. The van der Waals surface area contributed by atoms with Crippen molar-refractivity contribution in [2.75, 3.05) is 37.8 Å². The minimum Gasteiger partial charge on any atom is -0.308 e. The number of thiazole rings is 1. The average Bonchev–Trinajstić information content (AvgIpc) is 3.09. The number of carbonyl (C=O) groups is 1. The smallest absolute Gasteiger partial charge is 0.229 e. The van der Waals surface area contributed by atoms with Gasteiger partial charge in [-0.3, -0.25) is 9.69 Å². The van der Waals surface area contributed by atoms with Gasteiger partial charge in [-0.2, -0.15) is 0 Å². The number of hydrogen-bond acceptors (Lipinski definition) is 6. The Hall–Kier alpha value is -2.00. The van der Waals surface area contributed by atoms with Gasteiger partial charge in [0.15, 0.2) is 15.0 Å². The Morgan fingerprint density at radius 1 is 1.10 bits per heavy atom. The summed E-state index contributed by atoms with van der Waals surface area (Å²) in [6.45, 7) is 2.95. The molecule has 0 aliphatic rings. The number of aromatic nitrogens is 1. The first kappa shape index (κ1) is 22.7. The number of anilines is 1. The fraction of sp³-hybridized carbons (Fsp3) is 0.333. The number of carbonyl (C=O) groups excluding carboxylic acids is 1. The van der Waals surface area contributed by atoms with Gasteiger partial charge in [-0.05, 0) is 51.4 Å². The number of rotatable bonds is 8. The first-order valence-corrected chi connectivity index (χ1v) is 12.3. The Kier molecular flexibility index (Phi) is 7.13. The van der Waals surface area contributed by atoms with Crippen LogP contribution in [0.15, 0.2) is 47.4 Å². The molecular weight excluding hydrogens is 442 g/mol. The second-order valence-corrected chi connectivity index (χ2v) is 10.9. The molecule has 1 amide bonds. The molecule has 1 heterocycles. The Morgan fingerprint density at radius 3 is 2.47 bits per heavy atom. The van der Waals surface area contributed by atoms with Crippen LogP contribution in [0.25, 0.3) is 10.2 Å². The van der Waals surface area contributed by atoms with Gasteiger partial charge in [0.25, 0.3) is 0 Å². The van der Waals surface area contributed by atoms with Crippen molar-refractivity contribution in [3.8, 4) is 0 Å². The maximum absolute atomic E-state index is 13.0. The Bertz CT molecular complexity index is 1140. The van der Waals surface area contributed by atoms with Gasteiger partial charge in [-0.15, -0.1) is 0 Å². The standard InChI is InChI=1S/C21H24ClN3O3S2/c1-15-4-7-17(8-5-15)30(27,28)13-10-20(26)25(12-11-24(2)3)21-23-18-9-6-16(22)14-19(18)29-21/h4-9,14H,10-13H2,1-3H3. The highest BCUT2D eigenvalue weighted by Gasteiger charge is 2.23. The summed E-state index contributed by atoms with van der Waals surface area (Å²) < 4.78 is 26.2. The van der Waals surface area contributed by atoms with Crippen LogP contribution in [0.4, 0.5) is 5.13 Å². The van der Waals surface area contributed by atoms with Crippen LogP contribution in [0.1, 0.15) is 12.0 Å². The quantitative estimate of drug-likeness (QED) is 0.502. The zero-order valence-corrected chi connectivity index (χ0v) is 19.5. The Labute approximate surface area is 186 Å². The Morgan fingerprint density at radius 2 is 1.80 bits per heavy atom.